The number of fused-ring (bicyclic) bond motifs is 13. The Balaban J connectivity index is 1.51. The number of hydrogen-bond acceptors (Lipinski definition) is 2. The van der Waals surface area contributed by atoms with Crippen LogP contribution in [-0.4, -0.2) is 11.6 Å². The minimum Gasteiger partial charge on any atom is -0.299 e. The lowest BCUT2D eigenvalue weighted by Gasteiger charge is -2.25. The number of carbonyl (C=O) groups is 2. The van der Waals surface area contributed by atoms with Gasteiger partial charge in [0.1, 0.15) is 11.6 Å². The summed E-state index contributed by atoms with van der Waals surface area (Å²) in [5.41, 5.74) is 0. The van der Waals surface area contributed by atoms with E-state index >= 15 is 0 Å². The highest BCUT2D eigenvalue weighted by molar-refractivity contribution is 6.01. The molecule has 0 heterocycles. The maximum absolute atomic E-state index is 13.0. The number of Topliss-reactive ketones (excluding diaryl/α,β-unsaturated/α-hetero) is 2. The minimum atomic E-state index is 0.0904. The fourth-order valence-electron chi connectivity index (χ4n) is 7.16. The first-order chi connectivity index (χ1) is 9.75. The van der Waals surface area contributed by atoms with Crippen LogP contribution in [0.15, 0.2) is 24.3 Å². The maximum atomic E-state index is 13.0. The Morgan fingerprint density at radius 1 is 0.600 bits per heavy atom. The molecule has 0 N–H and O–H groups in total. The zero-order chi connectivity index (χ0) is 13.2. The van der Waals surface area contributed by atoms with Crippen LogP contribution in [0.25, 0.3) is 0 Å². The first kappa shape index (κ1) is 10.5. The van der Waals surface area contributed by atoms with Crippen molar-refractivity contribution < 1.29 is 9.59 Å². The molecular weight excluding hydrogens is 248 g/mol. The molecule has 6 rings (SSSR count). The predicted octanol–water partition coefficient (Wildman–Crippen LogP) is 2.26. The topological polar surface area (TPSA) is 34.1 Å². The quantitative estimate of drug-likeness (QED) is 0.630. The number of rotatable bonds is 0. The summed E-state index contributed by atoms with van der Waals surface area (Å²) in [4.78, 5) is 26.0. The van der Waals surface area contributed by atoms with Crippen LogP contribution >= 0.6 is 0 Å². The van der Waals surface area contributed by atoms with E-state index in [2.05, 4.69) is 24.3 Å². The van der Waals surface area contributed by atoms with Crippen molar-refractivity contribution in [1.82, 2.24) is 0 Å². The molecule has 6 aliphatic carbocycles. The van der Waals surface area contributed by atoms with E-state index in [0.29, 0.717) is 47.1 Å². The van der Waals surface area contributed by atoms with Crippen LogP contribution in [-0.2, 0) is 9.59 Å². The van der Waals surface area contributed by atoms with Gasteiger partial charge >= 0.3 is 0 Å². The lowest BCUT2D eigenvalue weighted by molar-refractivity contribution is -0.127. The molecule has 2 heteroatoms. The van der Waals surface area contributed by atoms with Gasteiger partial charge in [-0.25, -0.2) is 0 Å². The van der Waals surface area contributed by atoms with Crippen LogP contribution in [0.5, 0.6) is 0 Å². The summed E-state index contributed by atoms with van der Waals surface area (Å²) in [6, 6.07) is 0. The van der Waals surface area contributed by atoms with Crippen LogP contribution in [0, 0.1) is 59.2 Å². The Morgan fingerprint density at radius 3 is 1.45 bits per heavy atom. The van der Waals surface area contributed by atoms with Crippen molar-refractivity contribution in [1.29, 1.82) is 0 Å². The van der Waals surface area contributed by atoms with E-state index in [9.17, 15) is 9.59 Å². The van der Waals surface area contributed by atoms with Crippen molar-refractivity contribution in [3.8, 4) is 0 Å². The van der Waals surface area contributed by atoms with E-state index in [4.69, 9.17) is 0 Å². The molecule has 4 fully saturated rings. The number of carbonyl (C=O) groups excluding carboxylic acids is 2. The van der Waals surface area contributed by atoms with Gasteiger partial charge in [0.15, 0.2) is 0 Å². The second kappa shape index (κ2) is 3.03. The van der Waals surface area contributed by atoms with Gasteiger partial charge in [-0.05, 0) is 48.3 Å². The highest BCUT2D eigenvalue weighted by Crippen LogP contribution is 2.68. The number of hydrogen-bond donors (Lipinski definition) is 0. The van der Waals surface area contributed by atoms with Crippen LogP contribution in [0.4, 0.5) is 0 Å². The van der Waals surface area contributed by atoms with Gasteiger partial charge in [-0.1, -0.05) is 24.3 Å². The molecular formula is C18H18O2. The highest BCUT2D eigenvalue weighted by atomic mass is 16.1. The van der Waals surface area contributed by atoms with Gasteiger partial charge in [0.05, 0.1) is 0 Å². The van der Waals surface area contributed by atoms with Crippen LogP contribution < -0.4 is 0 Å². The molecule has 0 aliphatic heterocycles. The molecule has 0 aromatic rings. The molecule has 20 heavy (non-hydrogen) atoms. The molecule has 6 aliphatic rings. The van der Waals surface area contributed by atoms with E-state index in [-0.39, 0.29) is 23.7 Å². The maximum Gasteiger partial charge on any atom is 0.141 e. The summed E-state index contributed by atoms with van der Waals surface area (Å²) in [6.45, 7) is 0. The van der Waals surface area contributed by atoms with Crippen molar-refractivity contribution in [3.63, 3.8) is 0 Å². The Hall–Kier alpha value is -1.18. The van der Waals surface area contributed by atoms with E-state index < -0.39 is 0 Å². The monoisotopic (exact) mass is 266 g/mol. The first-order valence-electron chi connectivity index (χ1n) is 8.20. The molecule has 4 saturated carbocycles. The highest BCUT2D eigenvalue weighted by Gasteiger charge is 2.71. The second-order valence-corrected chi connectivity index (χ2v) is 7.96. The minimum absolute atomic E-state index is 0.0904. The summed E-state index contributed by atoms with van der Waals surface area (Å²) >= 11 is 0. The van der Waals surface area contributed by atoms with E-state index in [1.54, 1.807) is 0 Å². The van der Waals surface area contributed by atoms with Crippen LogP contribution in [0.1, 0.15) is 12.8 Å². The predicted molar refractivity (Wildman–Crippen MR) is 72.4 cm³/mol. The molecule has 0 aromatic heterocycles. The molecule has 2 nitrogen and oxygen atoms in total. The Morgan fingerprint density at radius 2 is 1.00 bits per heavy atom. The van der Waals surface area contributed by atoms with Crippen molar-refractivity contribution in [3.05, 3.63) is 24.3 Å². The molecule has 10 atom stereocenters. The molecule has 0 aromatic carbocycles. The third kappa shape index (κ3) is 0.889. The van der Waals surface area contributed by atoms with Crippen molar-refractivity contribution in [2.75, 3.05) is 0 Å². The molecule has 0 amide bonds. The zero-order valence-electron chi connectivity index (χ0n) is 11.3. The van der Waals surface area contributed by atoms with E-state index in [1.807, 2.05) is 0 Å². The van der Waals surface area contributed by atoms with Gasteiger partial charge in [0.25, 0.3) is 0 Å². The van der Waals surface area contributed by atoms with Gasteiger partial charge in [-0.3, -0.25) is 9.59 Å². The average Bonchev–Trinajstić information content (AvgIpc) is 3.21. The molecule has 0 radical (unpaired) electrons. The smallest absolute Gasteiger partial charge is 0.141 e. The van der Waals surface area contributed by atoms with Crippen LogP contribution in [0.2, 0.25) is 0 Å². The number of allylic oxidation sites excluding steroid dienone is 4. The molecule has 0 unspecified atom stereocenters. The third-order valence-corrected chi connectivity index (χ3v) is 7.57. The Kier molecular flexibility index (Phi) is 1.59. The largest absolute Gasteiger partial charge is 0.299 e. The van der Waals surface area contributed by atoms with Crippen molar-refractivity contribution in [2.45, 2.75) is 12.8 Å². The normalized spacial score (nSPS) is 63.4. The van der Waals surface area contributed by atoms with Crippen LogP contribution in [0.3, 0.4) is 0 Å². The summed E-state index contributed by atoms with van der Waals surface area (Å²) in [5, 5.41) is 0. The Labute approximate surface area is 118 Å². The SMILES string of the molecule is O=C1[C@@H]2[C@H]([C@@H]3C(=O)[C@H]4[C@H]([C@@H]13)[C@@H]1C=C[C@@H]4C1)[C@H]1C=C[C@H]2C1. The summed E-state index contributed by atoms with van der Waals surface area (Å²) in [7, 11) is 0. The van der Waals surface area contributed by atoms with Crippen molar-refractivity contribution in [2.24, 2.45) is 59.2 Å². The fourth-order valence-corrected chi connectivity index (χ4v) is 7.16. The van der Waals surface area contributed by atoms with Gasteiger partial charge < -0.3 is 0 Å². The van der Waals surface area contributed by atoms with Gasteiger partial charge in [-0.15, -0.1) is 0 Å². The van der Waals surface area contributed by atoms with E-state index in [1.165, 1.54) is 0 Å². The second-order valence-electron chi connectivity index (χ2n) is 7.96. The lowest BCUT2D eigenvalue weighted by Crippen LogP contribution is -2.30. The lowest BCUT2D eigenvalue weighted by atomic mass is 9.77. The molecule has 4 bridgehead atoms. The van der Waals surface area contributed by atoms with Gasteiger partial charge in [0.2, 0.25) is 0 Å². The Bertz CT molecular complexity index is 561. The zero-order valence-corrected chi connectivity index (χ0v) is 11.3. The summed E-state index contributed by atoms with van der Waals surface area (Å²) < 4.78 is 0. The fraction of sp³-hybridized carbons (Fsp3) is 0.667. The molecule has 0 saturated heterocycles. The van der Waals surface area contributed by atoms with Gasteiger partial charge in [0, 0.05) is 23.7 Å². The van der Waals surface area contributed by atoms with Crippen molar-refractivity contribution >= 4 is 11.6 Å². The summed E-state index contributed by atoms with van der Waals surface area (Å²) in [6.07, 6.45) is 11.4. The van der Waals surface area contributed by atoms with Gasteiger partial charge in [-0.2, -0.15) is 0 Å². The van der Waals surface area contributed by atoms with E-state index in [0.717, 1.165) is 12.8 Å². The summed E-state index contributed by atoms with van der Waals surface area (Å²) in [5.74, 6) is 4.25. The first-order valence-corrected chi connectivity index (χ1v) is 8.20. The molecule has 102 valence electrons. The standard InChI is InChI=1S/C18H18O2/c19-17-13-9-3-1-7(5-9)11(13)15-16(17)12-8-2-4-10(6-8)14(12)18(15)20/h1-4,7-16H,5-6H2/t7-,8+,9-,10+,11-,12-,13-,14+,15-,16+/m1/s1. The molecule has 0 spiro atoms. The number of ketones is 2. The third-order valence-electron chi connectivity index (χ3n) is 7.57. The average molecular weight is 266 g/mol.